The van der Waals surface area contributed by atoms with Crippen LogP contribution in [0.2, 0.25) is 0 Å². The van der Waals surface area contributed by atoms with Crippen molar-refractivity contribution in [3.05, 3.63) is 136 Å². The lowest BCUT2D eigenvalue weighted by molar-refractivity contribution is 0.0987. The van der Waals surface area contributed by atoms with Crippen LogP contribution in [-0.2, 0) is 6.42 Å². The Labute approximate surface area is 242 Å². The Hall–Kier alpha value is -4.42. The summed E-state index contributed by atoms with van der Waals surface area (Å²) in [5.74, 6) is 0.121. The van der Waals surface area contributed by atoms with Gasteiger partial charge in [0.2, 0.25) is 0 Å². The van der Waals surface area contributed by atoms with Crippen molar-refractivity contribution in [3.8, 4) is 5.75 Å². The van der Waals surface area contributed by atoms with E-state index >= 15 is 0 Å². The van der Waals surface area contributed by atoms with Crippen molar-refractivity contribution in [2.75, 3.05) is 23.4 Å². The van der Waals surface area contributed by atoms with E-state index in [-0.39, 0.29) is 11.8 Å². The average Bonchev–Trinajstić information content (AvgIpc) is 2.99. The van der Waals surface area contributed by atoms with Crippen molar-refractivity contribution in [2.45, 2.75) is 13.3 Å². The fourth-order valence-electron chi connectivity index (χ4n) is 4.65. The number of rotatable bonds is 9. The first kappa shape index (κ1) is 27.2. The van der Waals surface area contributed by atoms with Crippen molar-refractivity contribution in [2.24, 2.45) is 0 Å². The van der Waals surface area contributed by atoms with E-state index in [1.54, 1.807) is 41.3 Å². The van der Waals surface area contributed by atoms with Crippen molar-refractivity contribution < 1.29 is 14.3 Å². The molecular weight excluding hydrogens is 564 g/mol. The van der Waals surface area contributed by atoms with Gasteiger partial charge in [-0.15, -0.1) is 0 Å². The highest BCUT2D eigenvalue weighted by Crippen LogP contribution is 2.29. The number of nitrogens with one attached hydrogen (secondary N) is 1. The second-order valence-corrected chi connectivity index (χ2v) is 10.2. The average molecular weight is 594 g/mol. The summed E-state index contributed by atoms with van der Waals surface area (Å²) in [4.78, 5) is 28.5. The van der Waals surface area contributed by atoms with E-state index in [1.165, 1.54) is 5.56 Å². The second-order valence-electron chi connectivity index (χ2n) is 9.30. The molecule has 0 bridgehead atoms. The van der Waals surface area contributed by atoms with Crippen LogP contribution in [0.3, 0.4) is 0 Å². The lowest BCUT2D eigenvalue weighted by Gasteiger charge is -2.23. The molecule has 0 saturated heterocycles. The number of amides is 2. The number of hydrogen-bond acceptors (Lipinski definition) is 3. The summed E-state index contributed by atoms with van der Waals surface area (Å²) in [7, 11) is 0. The summed E-state index contributed by atoms with van der Waals surface area (Å²) >= 11 is 3.46. The minimum atomic E-state index is -0.291. The largest absolute Gasteiger partial charge is 0.492 e. The van der Waals surface area contributed by atoms with Crippen LogP contribution in [0.25, 0.3) is 10.8 Å². The summed E-state index contributed by atoms with van der Waals surface area (Å²) in [5, 5.41) is 5.05. The van der Waals surface area contributed by atoms with Crippen molar-refractivity contribution in [1.82, 2.24) is 0 Å². The molecule has 5 nitrogen and oxygen atoms in total. The number of carbonyl (C=O) groups excluding carboxylic acids is 2. The van der Waals surface area contributed by atoms with E-state index in [1.807, 2.05) is 73.7 Å². The molecule has 200 valence electrons. The van der Waals surface area contributed by atoms with Gasteiger partial charge in [0.05, 0.1) is 17.9 Å². The first-order valence-electron chi connectivity index (χ1n) is 13.2. The molecule has 0 spiro atoms. The van der Waals surface area contributed by atoms with Gasteiger partial charge in [0.25, 0.3) is 11.8 Å². The van der Waals surface area contributed by atoms with E-state index in [9.17, 15) is 9.59 Å². The summed E-state index contributed by atoms with van der Waals surface area (Å²) in [6.07, 6.45) is 0.737. The quantitative estimate of drug-likeness (QED) is 0.188. The molecule has 1 N–H and O–H groups in total. The zero-order valence-corrected chi connectivity index (χ0v) is 23.7. The molecule has 0 unspecified atom stereocenters. The molecule has 5 aromatic rings. The Morgan fingerprint density at radius 1 is 0.825 bits per heavy atom. The van der Waals surface area contributed by atoms with E-state index in [0.717, 1.165) is 27.4 Å². The Morgan fingerprint density at radius 2 is 1.55 bits per heavy atom. The number of benzene rings is 5. The molecule has 5 aromatic carbocycles. The van der Waals surface area contributed by atoms with Gasteiger partial charge in [-0.05, 0) is 66.4 Å². The summed E-state index contributed by atoms with van der Waals surface area (Å²) in [6.45, 7) is 2.94. The fraction of sp³-hybridized carbons (Fsp3) is 0.118. The molecule has 0 atom stereocenters. The second kappa shape index (κ2) is 12.6. The summed E-state index contributed by atoms with van der Waals surface area (Å²) < 4.78 is 6.76. The van der Waals surface area contributed by atoms with Crippen molar-refractivity contribution in [3.63, 3.8) is 0 Å². The van der Waals surface area contributed by atoms with Crippen molar-refractivity contribution in [1.29, 1.82) is 0 Å². The minimum absolute atomic E-state index is 0.0992. The number of hydrogen-bond donors (Lipinski definition) is 1. The van der Waals surface area contributed by atoms with Gasteiger partial charge in [-0.25, -0.2) is 0 Å². The molecule has 0 aliphatic carbocycles. The van der Waals surface area contributed by atoms with Crippen LogP contribution in [0.5, 0.6) is 5.75 Å². The molecule has 40 heavy (non-hydrogen) atoms. The van der Waals surface area contributed by atoms with Gasteiger partial charge in [0, 0.05) is 34.1 Å². The maximum atomic E-state index is 13.5. The number of ether oxygens (including phenoxy) is 1. The lowest BCUT2D eigenvalue weighted by atomic mass is 10.1. The number of carbonyl (C=O) groups is 2. The van der Waals surface area contributed by atoms with Gasteiger partial charge in [0.15, 0.2) is 0 Å². The third-order valence-electron chi connectivity index (χ3n) is 6.69. The monoisotopic (exact) mass is 592 g/mol. The van der Waals surface area contributed by atoms with Gasteiger partial charge in [-0.2, -0.15) is 0 Å². The molecule has 2 amide bonds. The SMILES string of the molecule is CCN(C(=O)c1ccc(NC(=O)c2cc(Br)ccc2OCCc2ccccc2)cc1)c1cccc2ccccc12. The van der Waals surface area contributed by atoms with E-state index in [2.05, 4.69) is 33.4 Å². The Bertz CT molecular complexity index is 1630. The van der Waals surface area contributed by atoms with Crippen LogP contribution in [0.4, 0.5) is 11.4 Å². The molecule has 6 heteroatoms. The number of halogens is 1. The standard InChI is InChI=1S/C34H29BrN2O3/c1-2-37(31-14-8-12-25-11-6-7-13-29(25)31)34(39)26-15-18-28(19-16-26)36-33(38)30-23-27(35)17-20-32(30)40-22-21-24-9-4-3-5-10-24/h3-20,23H,2,21-22H2,1H3,(H,36,38). The molecule has 0 radical (unpaired) electrons. The Kier molecular flexibility index (Phi) is 8.57. The van der Waals surface area contributed by atoms with Crippen LogP contribution >= 0.6 is 15.9 Å². The van der Waals surface area contributed by atoms with Gasteiger partial charge in [-0.1, -0.05) is 82.7 Å². The molecule has 5 rings (SSSR count). The third-order valence-corrected chi connectivity index (χ3v) is 7.18. The molecule has 0 aliphatic rings. The minimum Gasteiger partial charge on any atom is -0.492 e. The maximum absolute atomic E-state index is 13.5. The topological polar surface area (TPSA) is 58.6 Å². The summed E-state index contributed by atoms with van der Waals surface area (Å²) in [6, 6.07) is 36.4. The molecule has 0 aliphatic heterocycles. The fourth-order valence-corrected chi connectivity index (χ4v) is 5.01. The summed E-state index contributed by atoms with van der Waals surface area (Å²) in [5.41, 5.74) is 3.60. The number of anilines is 2. The lowest BCUT2D eigenvalue weighted by Crippen LogP contribution is -2.30. The number of nitrogens with zero attached hydrogens (tertiary/aromatic N) is 1. The smallest absolute Gasteiger partial charge is 0.259 e. The molecule has 0 fully saturated rings. The molecular formula is C34H29BrN2O3. The van der Waals surface area contributed by atoms with Crippen LogP contribution < -0.4 is 15.0 Å². The van der Waals surface area contributed by atoms with Gasteiger partial charge in [-0.3, -0.25) is 9.59 Å². The van der Waals surface area contributed by atoms with E-state index in [4.69, 9.17) is 4.74 Å². The Morgan fingerprint density at radius 3 is 2.33 bits per heavy atom. The maximum Gasteiger partial charge on any atom is 0.259 e. The molecule has 0 aromatic heterocycles. The molecule has 0 saturated carbocycles. The van der Waals surface area contributed by atoms with Crippen LogP contribution in [0.1, 0.15) is 33.2 Å². The highest BCUT2D eigenvalue weighted by Gasteiger charge is 2.19. The van der Waals surface area contributed by atoms with Gasteiger partial charge >= 0.3 is 0 Å². The predicted molar refractivity (Wildman–Crippen MR) is 165 cm³/mol. The third kappa shape index (κ3) is 6.24. The Balaban J connectivity index is 1.29. The van der Waals surface area contributed by atoms with E-state index in [0.29, 0.717) is 35.7 Å². The highest BCUT2D eigenvalue weighted by molar-refractivity contribution is 9.10. The molecule has 0 heterocycles. The number of fused-ring (bicyclic) bond motifs is 1. The first-order chi connectivity index (χ1) is 19.5. The van der Waals surface area contributed by atoms with Crippen LogP contribution in [-0.4, -0.2) is 25.0 Å². The first-order valence-corrected chi connectivity index (χ1v) is 14.0. The normalized spacial score (nSPS) is 10.8. The predicted octanol–water partition coefficient (Wildman–Crippen LogP) is 8.14. The zero-order valence-electron chi connectivity index (χ0n) is 22.1. The van der Waals surface area contributed by atoms with Gasteiger partial charge in [0.1, 0.15) is 5.75 Å². The highest BCUT2D eigenvalue weighted by atomic mass is 79.9. The van der Waals surface area contributed by atoms with Crippen LogP contribution in [0.15, 0.2) is 120 Å². The van der Waals surface area contributed by atoms with Gasteiger partial charge < -0.3 is 15.0 Å². The zero-order chi connectivity index (χ0) is 27.9. The van der Waals surface area contributed by atoms with Crippen LogP contribution in [0, 0.1) is 0 Å². The van der Waals surface area contributed by atoms with E-state index < -0.39 is 0 Å². The van der Waals surface area contributed by atoms with Crippen molar-refractivity contribution >= 4 is 49.9 Å².